The summed E-state index contributed by atoms with van der Waals surface area (Å²) in [5.74, 6) is -0.943. The summed E-state index contributed by atoms with van der Waals surface area (Å²) < 4.78 is 0. The number of likely N-dealkylation sites (tertiary alicyclic amines) is 1. The van der Waals surface area contributed by atoms with Gasteiger partial charge in [0.25, 0.3) is 5.91 Å². The van der Waals surface area contributed by atoms with Gasteiger partial charge in [-0.15, -0.1) is 11.3 Å². The normalized spacial score (nSPS) is 20.7. The fraction of sp³-hybridized carbons (Fsp3) is 0.294. The van der Waals surface area contributed by atoms with E-state index in [-0.39, 0.29) is 12.5 Å². The molecule has 23 heavy (non-hydrogen) atoms. The Bertz CT molecular complexity index is 755. The molecule has 1 saturated heterocycles. The van der Waals surface area contributed by atoms with Gasteiger partial charge in [-0.3, -0.25) is 9.59 Å². The third-order valence-electron chi connectivity index (χ3n) is 4.22. The van der Waals surface area contributed by atoms with Gasteiger partial charge < -0.3 is 10.0 Å². The van der Waals surface area contributed by atoms with Crippen LogP contribution >= 0.6 is 22.9 Å². The number of nitrogens with zero attached hydrogens (tertiary/aromatic N) is 1. The monoisotopic (exact) mass is 349 g/mol. The molecule has 1 aliphatic rings. The quantitative estimate of drug-likeness (QED) is 0.911. The molecule has 1 atom stereocenters. The molecular weight excluding hydrogens is 334 g/mol. The minimum Gasteiger partial charge on any atom is -0.481 e. The second-order valence-corrected chi connectivity index (χ2v) is 7.53. The Morgan fingerprint density at radius 1 is 1.22 bits per heavy atom. The van der Waals surface area contributed by atoms with E-state index in [1.807, 2.05) is 30.3 Å². The number of hydrogen-bond donors (Lipinski definition) is 1. The summed E-state index contributed by atoms with van der Waals surface area (Å²) in [6.45, 7) is 2.43. The molecule has 4 nitrogen and oxygen atoms in total. The Balaban J connectivity index is 1.77. The highest BCUT2D eigenvalue weighted by Crippen LogP contribution is 2.34. The first-order valence-corrected chi connectivity index (χ1v) is 8.47. The molecule has 1 aromatic carbocycles. The van der Waals surface area contributed by atoms with Crippen LogP contribution in [0.4, 0.5) is 0 Å². The number of benzene rings is 1. The van der Waals surface area contributed by atoms with E-state index in [4.69, 9.17) is 11.6 Å². The first-order valence-electron chi connectivity index (χ1n) is 7.27. The van der Waals surface area contributed by atoms with Gasteiger partial charge in [0.1, 0.15) is 0 Å². The van der Waals surface area contributed by atoms with Crippen molar-refractivity contribution in [3.8, 4) is 10.4 Å². The first kappa shape index (κ1) is 16.0. The number of hydrogen-bond acceptors (Lipinski definition) is 3. The number of halogens is 1. The van der Waals surface area contributed by atoms with Gasteiger partial charge in [0.05, 0.1) is 10.3 Å². The van der Waals surface area contributed by atoms with Crippen molar-refractivity contribution in [2.75, 3.05) is 13.1 Å². The molecule has 1 aromatic heterocycles. The maximum absolute atomic E-state index is 12.6. The van der Waals surface area contributed by atoms with E-state index < -0.39 is 11.4 Å². The summed E-state index contributed by atoms with van der Waals surface area (Å²) in [6, 6.07) is 11.2. The molecule has 2 aromatic rings. The van der Waals surface area contributed by atoms with Crippen molar-refractivity contribution in [3.05, 3.63) is 46.3 Å². The van der Waals surface area contributed by atoms with Crippen LogP contribution in [0.3, 0.4) is 0 Å². The Labute approximate surface area is 143 Å². The first-order chi connectivity index (χ1) is 10.9. The molecule has 0 saturated carbocycles. The number of amides is 1. The van der Waals surface area contributed by atoms with Crippen LogP contribution in [0.1, 0.15) is 23.0 Å². The number of thiophene rings is 1. The van der Waals surface area contributed by atoms with Crippen LogP contribution < -0.4 is 0 Å². The van der Waals surface area contributed by atoms with E-state index >= 15 is 0 Å². The van der Waals surface area contributed by atoms with Gasteiger partial charge in [-0.1, -0.05) is 23.7 Å². The smallest absolute Gasteiger partial charge is 0.311 e. The van der Waals surface area contributed by atoms with Crippen LogP contribution in [0.2, 0.25) is 5.02 Å². The predicted octanol–water partition coefficient (Wildman–Crippen LogP) is 4.01. The fourth-order valence-electron chi connectivity index (χ4n) is 2.69. The molecule has 0 radical (unpaired) electrons. The van der Waals surface area contributed by atoms with Crippen molar-refractivity contribution in [2.24, 2.45) is 5.41 Å². The fourth-order valence-corrected chi connectivity index (χ4v) is 3.79. The molecule has 6 heteroatoms. The maximum Gasteiger partial charge on any atom is 0.311 e. The van der Waals surface area contributed by atoms with Crippen molar-refractivity contribution in [1.82, 2.24) is 4.90 Å². The zero-order valence-corrected chi connectivity index (χ0v) is 14.2. The molecule has 1 amide bonds. The zero-order valence-electron chi connectivity index (χ0n) is 12.6. The van der Waals surface area contributed by atoms with Gasteiger partial charge in [0.2, 0.25) is 0 Å². The second kappa shape index (κ2) is 5.98. The van der Waals surface area contributed by atoms with E-state index in [2.05, 4.69) is 0 Å². The third-order valence-corrected chi connectivity index (χ3v) is 5.60. The number of aliphatic carboxylic acids is 1. The largest absolute Gasteiger partial charge is 0.481 e. The Morgan fingerprint density at radius 2 is 1.91 bits per heavy atom. The van der Waals surface area contributed by atoms with Gasteiger partial charge in [0, 0.05) is 23.0 Å². The minimum atomic E-state index is -0.846. The summed E-state index contributed by atoms with van der Waals surface area (Å²) in [4.78, 5) is 27.1. The number of carboxylic acids is 1. The summed E-state index contributed by atoms with van der Waals surface area (Å²) in [5.41, 5.74) is 0.168. The van der Waals surface area contributed by atoms with Gasteiger partial charge >= 0.3 is 5.97 Å². The van der Waals surface area contributed by atoms with Crippen molar-refractivity contribution in [1.29, 1.82) is 0 Å². The highest BCUT2D eigenvalue weighted by Gasteiger charge is 2.42. The summed E-state index contributed by atoms with van der Waals surface area (Å²) in [7, 11) is 0. The van der Waals surface area contributed by atoms with Crippen molar-refractivity contribution >= 4 is 34.8 Å². The van der Waals surface area contributed by atoms with Crippen molar-refractivity contribution in [2.45, 2.75) is 13.3 Å². The molecular formula is C17H16ClNO3S. The average Bonchev–Trinajstić information content (AvgIpc) is 3.15. The number of rotatable bonds is 3. The van der Waals surface area contributed by atoms with Crippen LogP contribution in [0.15, 0.2) is 36.4 Å². The lowest BCUT2D eigenvalue weighted by Gasteiger charge is -2.19. The molecule has 0 aliphatic carbocycles. The summed E-state index contributed by atoms with van der Waals surface area (Å²) >= 11 is 7.30. The number of carboxylic acid groups (broad SMARTS) is 1. The molecule has 0 bridgehead atoms. The van der Waals surface area contributed by atoms with Crippen LogP contribution in [0, 0.1) is 5.41 Å². The highest BCUT2D eigenvalue weighted by molar-refractivity contribution is 7.17. The lowest BCUT2D eigenvalue weighted by Crippen LogP contribution is -2.34. The molecule has 3 rings (SSSR count). The van der Waals surface area contributed by atoms with Crippen LogP contribution in [0.25, 0.3) is 10.4 Å². The van der Waals surface area contributed by atoms with Gasteiger partial charge in [-0.25, -0.2) is 0 Å². The van der Waals surface area contributed by atoms with Gasteiger partial charge in [-0.2, -0.15) is 0 Å². The predicted molar refractivity (Wildman–Crippen MR) is 91.0 cm³/mol. The van der Waals surface area contributed by atoms with Crippen molar-refractivity contribution in [3.63, 3.8) is 0 Å². The van der Waals surface area contributed by atoms with E-state index in [0.717, 1.165) is 10.4 Å². The molecule has 1 unspecified atom stereocenters. The third kappa shape index (κ3) is 3.12. The minimum absolute atomic E-state index is 0.0970. The zero-order chi connectivity index (χ0) is 16.6. The maximum atomic E-state index is 12.6. The van der Waals surface area contributed by atoms with Crippen molar-refractivity contribution < 1.29 is 14.7 Å². The Kier molecular flexibility index (Phi) is 4.17. The summed E-state index contributed by atoms with van der Waals surface area (Å²) in [5, 5.41) is 9.94. The van der Waals surface area contributed by atoms with E-state index in [1.54, 1.807) is 17.9 Å². The standard InChI is InChI=1S/C17H16ClNO3S/c1-17(16(21)22)8-9-19(10-17)15(20)14-7-6-13(23-14)11-2-4-12(18)5-3-11/h2-7H,8-10H2,1H3,(H,21,22). The van der Waals surface area contributed by atoms with Crippen LogP contribution in [-0.4, -0.2) is 35.0 Å². The lowest BCUT2D eigenvalue weighted by atomic mass is 9.90. The molecule has 1 fully saturated rings. The summed E-state index contributed by atoms with van der Waals surface area (Å²) in [6.07, 6.45) is 0.490. The second-order valence-electron chi connectivity index (χ2n) is 6.01. The number of carbonyl (C=O) groups excluding carboxylic acids is 1. The van der Waals surface area contributed by atoms with E-state index in [1.165, 1.54) is 11.3 Å². The molecule has 120 valence electrons. The number of carbonyl (C=O) groups is 2. The average molecular weight is 350 g/mol. The topological polar surface area (TPSA) is 57.6 Å². The Hall–Kier alpha value is -1.85. The molecule has 2 heterocycles. The van der Waals surface area contributed by atoms with Gasteiger partial charge in [-0.05, 0) is 43.2 Å². The molecule has 0 spiro atoms. The lowest BCUT2D eigenvalue weighted by molar-refractivity contribution is -0.147. The van der Waals surface area contributed by atoms with Gasteiger partial charge in [0.15, 0.2) is 0 Å². The van der Waals surface area contributed by atoms with E-state index in [0.29, 0.717) is 22.9 Å². The Morgan fingerprint density at radius 3 is 2.52 bits per heavy atom. The molecule has 1 aliphatic heterocycles. The highest BCUT2D eigenvalue weighted by atomic mass is 35.5. The van der Waals surface area contributed by atoms with E-state index in [9.17, 15) is 14.7 Å². The molecule has 1 N–H and O–H groups in total. The SMILES string of the molecule is CC1(C(=O)O)CCN(C(=O)c2ccc(-c3ccc(Cl)cc3)s2)C1. The van der Waals surface area contributed by atoms with Crippen LogP contribution in [-0.2, 0) is 4.79 Å². The van der Waals surface area contributed by atoms with Crippen LogP contribution in [0.5, 0.6) is 0 Å².